The van der Waals surface area contributed by atoms with E-state index in [0.29, 0.717) is 29.8 Å². The highest BCUT2D eigenvalue weighted by Gasteiger charge is 2.20. The van der Waals surface area contributed by atoms with Gasteiger partial charge in [-0.1, -0.05) is 39.3 Å². The zero-order valence-corrected chi connectivity index (χ0v) is 12.5. The molecule has 18 heavy (non-hydrogen) atoms. The first-order valence-electron chi connectivity index (χ1n) is 6.22. The van der Waals surface area contributed by atoms with Crippen LogP contribution in [0.2, 0.25) is 5.15 Å². The average Bonchev–Trinajstić information content (AvgIpc) is 2.28. The quantitative estimate of drug-likeness (QED) is 0.827. The number of nitrogens with zero attached hydrogens (tertiary/aromatic N) is 2. The second-order valence-electron chi connectivity index (χ2n) is 5.50. The molecular formula is C13H22ClN3O. The molecule has 102 valence electrons. The van der Waals surface area contributed by atoms with Crippen molar-refractivity contribution in [3.8, 4) is 0 Å². The predicted molar refractivity (Wildman–Crippen MR) is 75.3 cm³/mol. The third-order valence-electron chi connectivity index (χ3n) is 2.73. The third-order valence-corrected chi connectivity index (χ3v) is 3.10. The minimum atomic E-state index is -0.378. The molecule has 5 heteroatoms. The lowest BCUT2D eigenvalue weighted by molar-refractivity contribution is 0.183. The van der Waals surface area contributed by atoms with Crippen LogP contribution in [0.25, 0.3) is 0 Å². The summed E-state index contributed by atoms with van der Waals surface area (Å²) in [5.74, 6) is 1.40. The molecule has 0 saturated carbocycles. The number of hydrogen-bond acceptors (Lipinski definition) is 4. The van der Waals surface area contributed by atoms with Crippen molar-refractivity contribution in [1.82, 2.24) is 9.97 Å². The van der Waals surface area contributed by atoms with Gasteiger partial charge in [-0.2, -0.15) is 0 Å². The number of rotatable bonds is 4. The van der Waals surface area contributed by atoms with E-state index >= 15 is 0 Å². The lowest BCUT2D eigenvalue weighted by Crippen LogP contribution is -2.22. The first kappa shape index (κ1) is 15.2. The number of hydrogen-bond donors (Lipinski definition) is 2. The summed E-state index contributed by atoms with van der Waals surface area (Å²) in [6, 6.07) is 0. The third kappa shape index (κ3) is 3.82. The number of halogens is 1. The van der Waals surface area contributed by atoms with Crippen molar-refractivity contribution in [2.75, 3.05) is 11.9 Å². The summed E-state index contributed by atoms with van der Waals surface area (Å²) in [6.45, 7) is 10.4. The van der Waals surface area contributed by atoms with E-state index in [1.54, 1.807) is 0 Å². The summed E-state index contributed by atoms with van der Waals surface area (Å²) in [6.07, 6.45) is 0.327. The van der Waals surface area contributed by atoms with Crippen molar-refractivity contribution in [3.05, 3.63) is 16.5 Å². The van der Waals surface area contributed by atoms with E-state index in [2.05, 4.69) is 15.3 Å². The van der Waals surface area contributed by atoms with Crippen LogP contribution in [0, 0.1) is 6.92 Å². The zero-order valence-electron chi connectivity index (χ0n) is 11.7. The largest absolute Gasteiger partial charge is 0.391 e. The maximum absolute atomic E-state index is 9.57. The van der Waals surface area contributed by atoms with Gasteiger partial charge in [0.25, 0.3) is 0 Å². The Morgan fingerprint density at radius 3 is 2.44 bits per heavy atom. The summed E-state index contributed by atoms with van der Waals surface area (Å²) in [7, 11) is 0. The molecule has 1 rings (SSSR count). The van der Waals surface area contributed by atoms with Crippen LogP contribution in [0.4, 0.5) is 5.82 Å². The predicted octanol–water partition coefficient (Wildman–Crippen LogP) is 2.92. The number of anilines is 1. The Bertz CT molecular complexity index is 415. The van der Waals surface area contributed by atoms with Gasteiger partial charge in [0, 0.05) is 17.5 Å². The van der Waals surface area contributed by atoms with Crippen LogP contribution >= 0.6 is 11.6 Å². The van der Waals surface area contributed by atoms with Crippen molar-refractivity contribution < 1.29 is 5.11 Å². The van der Waals surface area contributed by atoms with Gasteiger partial charge >= 0.3 is 0 Å². The second-order valence-corrected chi connectivity index (χ2v) is 5.86. The van der Waals surface area contributed by atoms with Gasteiger partial charge in [-0.3, -0.25) is 0 Å². The Balaban J connectivity index is 3.00. The first-order chi connectivity index (χ1) is 8.25. The van der Waals surface area contributed by atoms with E-state index < -0.39 is 0 Å². The van der Waals surface area contributed by atoms with Crippen LogP contribution in [0.1, 0.15) is 45.5 Å². The van der Waals surface area contributed by atoms with Gasteiger partial charge < -0.3 is 10.4 Å². The molecule has 0 radical (unpaired) electrons. The Labute approximate surface area is 114 Å². The standard InChI is InChI=1S/C13H22ClN3O/c1-6-9(18)7-15-11-8(2)10(14)16-12(17-11)13(3,4)5/h9,18H,6-7H2,1-5H3,(H,15,16,17). The molecule has 0 saturated heterocycles. The minimum Gasteiger partial charge on any atom is -0.391 e. The zero-order chi connectivity index (χ0) is 13.9. The van der Waals surface area contributed by atoms with Crippen LogP contribution in [-0.2, 0) is 5.41 Å². The highest BCUT2D eigenvalue weighted by molar-refractivity contribution is 6.30. The van der Waals surface area contributed by atoms with Crippen molar-refractivity contribution in [2.45, 2.75) is 52.6 Å². The van der Waals surface area contributed by atoms with Crippen LogP contribution in [-0.4, -0.2) is 27.7 Å². The molecular weight excluding hydrogens is 250 g/mol. The van der Waals surface area contributed by atoms with Gasteiger partial charge in [0.05, 0.1) is 6.10 Å². The first-order valence-corrected chi connectivity index (χ1v) is 6.60. The van der Waals surface area contributed by atoms with Crippen LogP contribution in [0.15, 0.2) is 0 Å². The number of aliphatic hydroxyl groups is 1. The summed E-state index contributed by atoms with van der Waals surface area (Å²) in [5.41, 5.74) is 0.657. The second kappa shape index (κ2) is 5.85. The van der Waals surface area contributed by atoms with Crippen molar-refractivity contribution in [1.29, 1.82) is 0 Å². The molecule has 1 aromatic rings. The lowest BCUT2D eigenvalue weighted by atomic mass is 9.95. The Morgan fingerprint density at radius 1 is 1.33 bits per heavy atom. The molecule has 1 unspecified atom stereocenters. The van der Waals surface area contributed by atoms with Gasteiger partial charge in [0.2, 0.25) is 0 Å². The average molecular weight is 272 g/mol. The molecule has 1 heterocycles. The molecule has 0 fully saturated rings. The molecule has 1 aromatic heterocycles. The summed E-state index contributed by atoms with van der Waals surface area (Å²) in [4.78, 5) is 8.80. The minimum absolute atomic E-state index is 0.156. The Kier molecular flexibility index (Phi) is 4.93. The van der Waals surface area contributed by atoms with Crippen molar-refractivity contribution in [2.24, 2.45) is 0 Å². The molecule has 0 bridgehead atoms. The maximum Gasteiger partial charge on any atom is 0.137 e. The molecule has 0 aliphatic carbocycles. The number of aliphatic hydroxyl groups excluding tert-OH is 1. The molecule has 0 aliphatic heterocycles. The summed E-state index contributed by atoms with van der Waals surface area (Å²) in [5, 5.41) is 13.2. The fourth-order valence-corrected chi connectivity index (χ4v) is 1.53. The van der Waals surface area contributed by atoms with E-state index in [-0.39, 0.29) is 11.5 Å². The van der Waals surface area contributed by atoms with Crippen LogP contribution in [0.3, 0.4) is 0 Å². The van der Waals surface area contributed by atoms with E-state index in [9.17, 15) is 5.11 Å². The van der Waals surface area contributed by atoms with E-state index in [1.165, 1.54) is 0 Å². The van der Waals surface area contributed by atoms with Gasteiger partial charge in [-0.05, 0) is 13.3 Å². The maximum atomic E-state index is 9.57. The topological polar surface area (TPSA) is 58.0 Å². The number of nitrogens with one attached hydrogen (secondary N) is 1. The molecule has 2 N–H and O–H groups in total. The molecule has 0 aromatic carbocycles. The summed E-state index contributed by atoms with van der Waals surface area (Å²) >= 11 is 6.12. The fourth-order valence-electron chi connectivity index (χ4n) is 1.36. The van der Waals surface area contributed by atoms with Gasteiger partial charge in [-0.15, -0.1) is 0 Å². The number of aromatic nitrogens is 2. The van der Waals surface area contributed by atoms with Gasteiger partial charge in [0.15, 0.2) is 0 Å². The van der Waals surface area contributed by atoms with Crippen molar-refractivity contribution >= 4 is 17.4 Å². The highest BCUT2D eigenvalue weighted by Crippen LogP contribution is 2.25. The Morgan fingerprint density at radius 2 is 1.94 bits per heavy atom. The van der Waals surface area contributed by atoms with E-state index in [1.807, 2.05) is 34.6 Å². The normalized spacial score (nSPS) is 13.5. The highest BCUT2D eigenvalue weighted by atomic mass is 35.5. The monoisotopic (exact) mass is 271 g/mol. The smallest absolute Gasteiger partial charge is 0.137 e. The molecule has 0 spiro atoms. The summed E-state index contributed by atoms with van der Waals surface area (Å²) < 4.78 is 0. The van der Waals surface area contributed by atoms with Crippen LogP contribution in [0.5, 0.6) is 0 Å². The van der Waals surface area contributed by atoms with E-state index in [0.717, 1.165) is 5.56 Å². The van der Waals surface area contributed by atoms with Gasteiger partial charge in [0.1, 0.15) is 16.8 Å². The van der Waals surface area contributed by atoms with Gasteiger partial charge in [-0.25, -0.2) is 9.97 Å². The molecule has 0 amide bonds. The van der Waals surface area contributed by atoms with Crippen molar-refractivity contribution in [3.63, 3.8) is 0 Å². The molecule has 0 aliphatic rings. The Hall–Kier alpha value is -0.870. The fraction of sp³-hybridized carbons (Fsp3) is 0.692. The molecule has 1 atom stereocenters. The lowest BCUT2D eigenvalue weighted by Gasteiger charge is -2.20. The van der Waals surface area contributed by atoms with Crippen LogP contribution < -0.4 is 5.32 Å². The van der Waals surface area contributed by atoms with E-state index in [4.69, 9.17) is 11.6 Å². The SMILES string of the molecule is CCC(O)CNc1nc(C(C)(C)C)nc(Cl)c1C. The molecule has 4 nitrogen and oxygen atoms in total.